The number of alkyl halides is 2. The summed E-state index contributed by atoms with van der Waals surface area (Å²) in [6, 6.07) is 24.7. The lowest BCUT2D eigenvalue weighted by Gasteiger charge is -2.52. The van der Waals surface area contributed by atoms with Crippen molar-refractivity contribution in [1.29, 1.82) is 0 Å². The van der Waals surface area contributed by atoms with Crippen molar-refractivity contribution < 1.29 is 8.42 Å². The Hall–Kier alpha value is -1.62. The van der Waals surface area contributed by atoms with Gasteiger partial charge >= 0.3 is 0 Å². The molecule has 3 aromatic carbocycles. The van der Waals surface area contributed by atoms with E-state index in [0.29, 0.717) is 4.90 Å². The van der Waals surface area contributed by atoms with E-state index in [2.05, 4.69) is 28.1 Å². The summed E-state index contributed by atoms with van der Waals surface area (Å²) in [5.74, 6) is -0.551. The van der Waals surface area contributed by atoms with Gasteiger partial charge in [0.15, 0.2) is 9.84 Å². The summed E-state index contributed by atoms with van der Waals surface area (Å²) in [6.45, 7) is 0. The fourth-order valence-corrected chi connectivity index (χ4v) is 8.96. The molecule has 3 aromatic rings. The topological polar surface area (TPSA) is 34.1 Å². The highest BCUT2D eigenvalue weighted by Gasteiger charge is 2.62. The van der Waals surface area contributed by atoms with Gasteiger partial charge in [0.25, 0.3) is 0 Å². The van der Waals surface area contributed by atoms with Gasteiger partial charge in [-0.25, -0.2) is 8.42 Å². The first-order chi connectivity index (χ1) is 12.9. The van der Waals surface area contributed by atoms with Crippen LogP contribution in [-0.4, -0.2) is 17.5 Å². The van der Waals surface area contributed by atoms with Crippen LogP contribution in [0, 0.1) is 0 Å². The van der Waals surface area contributed by atoms with Gasteiger partial charge in [0.05, 0.1) is 4.90 Å². The number of rotatable bonds is 2. The van der Waals surface area contributed by atoms with Gasteiger partial charge in [0.2, 0.25) is 0 Å². The van der Waals surface area contributed by atoms with Crippen molar-refractivity contribution in [3.05, 3.63) is 101 Å². The monoisotopic (exact) mass is 458 g/mol. The maximum absolute atomic E-state index is 13.7. The molecule has 0 aromatic heterocycles. The fraction of sp³-hybridized carbons (Fsp3) is 0.182. The Morgan fingerprint density at radius 3 is 1.70 bits per heavy atom. The summed E-state index contributed by atoms with van der Waals surface area (Å²) in [5, 5.41) is -0.802. The van der Waals surface area contributed by atoms with E-state index >= 15 is 0 Å². The molecule has 2 nitrogen and oxygen atoms in total. The van der Waals surface area contributed by atoms with Crippen molar-refractivity contribution in [2.75, 3.05) is 0 Å². The third-order valence-corrected chi connectivity index (χ3v) is 9.84. The molecule has 27 heavy (non-hydrogen) atoms. The van der Waals surface area contributed by atoms with Crippen LogP contribution in [-0.2, 0) is 9.84 Å². The molecule has 0 heterocycles. The summed E-state index contributed by atoms with van der Waals surface area (Å²) >= 11 is 10.7. The lowest BCUT2D eigenvalue weighted by Crippen LogP contribution is -2.54. The first kappa shape index (κ1) is 17.5. The van der Waals surface area contributed by atoms with Crippen molar-refractivity contribution in [2.45, 2.75) is 25.8 Å². The molecule has 0 N–H and O–H groups in total. The first-order valence-electron chi connectivity index (χ1n) is 8.78. The highest BCUT2D eigenvalue weighted by atomic mass is 79.9. The average molecular weight is 460 g/mol. The molecular formula is C22H16BrClO2S. The number of sulfone groups is 1. The third-order valence-electron chi connectivity index (χ3n) is 5.76. The Labute approximate surface area is 172 Å². The molecule has 136 valence electrons. The summed E-state index contributed by atoms with van der Waals surface area (Å²) in [5.41, 5.74) is 4.32. The zero-order valence-corrected chi connectivity index (χ0v) is 17.4. The second kappa shape index (κ2) is 5.94. The number of fused-ring (bicyclic) bond motifs is 1. The van der Waals surface area contributed by atoms with Crippen LogP contribution in [0.4, 0.5) is 0 Å². The van der Waals surface area contributed by atoms with E-state index in [1.54, 1.807) is 24.3 Å². The lowest BCUT2D eigenvalue weighted by molar-refractivity contribution is 0.481. The van der Waals surface area contributed by atoms with Gasteiger partial charge in [-0.2, -0.15) is 0 Å². The second-order valence-corrected chi connectivity index (χ2v) is 11.6. The molecule has 0 unspecified atom stereocenters. The Balaban J connectivity index is 1.83. The van der Waals surface area contributed by atoms with Gasteiger partial charge in [-0.3, -0.25) is 0 Å². The normalized spacial score (nSPS) is 28.4. The molecule has 0 saturated carbocycles. The van der Waals surface area contributed by atoms with E-state index < -0.39 is 18.9 Å². The number of halogens is 2. The molecule has 0 spiro atoms. The standard InChI is InChI=1S/C22H16BrClO2S/c23-22(24)20-17-12-6-4-10-15(17)19(16-11-5-7-13-18(16)20)21(22)27(25,26)14-8-2-1-3-9-14/h1-13,19-21H/t19?,20?,21-,22+/m0/s1. The highest BCUT2D eigenvalue weighted by molar-refractivity contribution is 9.10. The van der Waals surface area contributed by atoms with E-state index in [1.807, 2.05) is 42.5 Å². The fourth-order valence-electron chi connectivity index (χ4n) is 4.72. The molecule has 0 saturated heterocycles. The number of benzene rings is 3. The van der Waals surface area contributed by atoms with Crippen LogP contribution in [0.1, 0.15) is 34.1 Å². The molecule has 2 bridgehead atoms. The molecule has 3 aliphatic carbocycles. The summed E-state index contributed by atoms with van der Waals surface area (Å²) in [7, 11) is -3.66. The van der Waals surface area contributed by atoms with E-state index in [9.17, 15) is 8.42 Å². The molecule has 0 aliphatic heterocycles. The van der Waals surface area contributed by atoms with Crippen molar-refractivity contribution in [2.24, 2.45) is 0 Å². The quantitative estimate of drug-likeness (QED) is 0.478. The predicted molar refractivity (Wildman–Crippen MR) is 111 cm³/mol. The summed E-state index contributed by atoms with van der Waals surface area (Å²) < 4.78 is 26.3. The molecule has 0 amide bonds. The number of hydrogen-bond acceptors (Lipinski definition) is 2. The maximum atomic E-state index is 13.7. The molecular weight excluding hydrogens is 444 g/mol. The predicted octanol–water partition coefficient (Wildman–Crippen LogP) is 5.45. The largest absolute Gasteiger partial charge is 0.223 e. The SMILES string of the molecule is O=S(=O)(c1ccccc1)[C@H]1C2c3ccccc3C(c3ccccc32)[C@]1(Cl)Br. The molecule has 0 fully saturated rings. The van der Waals surface area contributed by atoms with E-state index in [4.69, 9.17) is 11.6 Å². The minimum Gasteiger partial charge on any atom is -0.223 e. The maximum Gasteiger partial charge on any atom is 0.184 e. The van der Waals surface area contributed by atoms with Crippen LogP contribution in [0.3, 0.4) is 0 Å². The van der Waals surface area contributed by atoms with E-state index in [0.717, 1.165) is 22.3 Å². The Morgan fingerprint density at radius 2 is 1.19 bits per heavy atom. The van der Waals surface area contributed by atoms with Crippen LogP contribution in [0.5, 0.6) is 0 Å². The average Bonchev–Trinajstić information content (AvgIpc) is 2.68. The zero-order valence-electron chi connectivity index (χ0n) is 14.2. The first-order valence-corrected chi connectivity index (χ1v) is 11.5. The molecule has 6 rings (SSSR count). The van der Waals surface area contributed by atoms with Gasteiger partial charge in [-0.1, -0.05) is 82.7 Å². The van der Waals surface area contributed by atoms with Gasteiger partial charge in [0.1, 0.15) is 9.03 Å². The van der Waals surface area contributed by atoms with Crippen LogP contribution in [0.15, 0.2) is 83.8 Å². The van der Waals surface area contributed by atoms with Crippen LogP contribution in [0.25, 0.3) is 0 Å². The van der Waals surface area contributed by atoms with Gasteiger partial charge in [-0.05, 0) is 34.4 Å². The minimum absolute atomic E-state index is 0.236. The summed E-state index contributed by atoms with van der Waals surface area (Å²) in [6.07, 6.45) is 0. The second-order valence-electron chi connectivity index (χ2n) is 7.12. The van der Waals surface area contributed by atoms with Gasteiger partial charge in [-0.15, -0.1) is 11.6 Å². The van der Waals surface area contributed by atoms with E-state index in [1.165, 1.54) is 0 Å². The Morgan fingerprint density at radius 1 is 0.741 bits per heavy atom. The smallest absolute Gasteiger partial charge is 0.184 e. The molecule has 5 heteroatoms. The minimum atomic E-state index is -3.66. The number of hydrogen-bond donors (Lipinski definition) is 0. The molecule has 2 atom stereocenters. The van der Waals surface area contributed by atoms with Gasteiger partial charge in [0, 0.05) is 11.8 Å². The Bertz CT molecular complexity index is 1090. The van der Waals surface area contributed by atoms with Crippen molar-refractivity contribution in [3.63, 3.8) is 0 Å². The van der Waals surface area contributed by atoms with Crippen molar-refractivity contribution in [1.82, 2.24) is 0 Å². The molecule has 0 radical (unpaired) electrons. The lowest BCUT2D eigenvalue weighted by atomic mass is 9.63. The van der Waals surface area contributed by atoms with Gasteiger partial charge < -0.3 is 0 Å². The van der Waals surface area contributed by atoms with Crippen LogP contribution in [0.2, 0.25) is 0 Å². The van der Waals surface area contributed by atoms with Crippen LogP contribution >= 0.6 is 27.5 Å². The zero-order chi connectivity index (χ0) is 18.8. The third kappa shape index (κ3) is 2.33. The van der Waals surface area contributed by atoms with Crippen LogP contribution < -0.4 is 0 Å². The van der Waals surface area contributed by atoms with E-state index in [-0.39, 0.29) is 11.8 Å². The van der Waals surface area contributed by atoms with Crippen molar-refractivity contribution in [3.8, 4) is 0 Å². The van der Waals surface area contributed by atoms with Crippen molar-refractivity contribution >= 4 is 37.4 Å². The summed E-state index contributed by atoms with van der Waals surface area (Å²) in [4.78, 5) is 0.307. The molecule has 3 aliphatic rings. The highest BCUT2D eigenvalue weighted by Crippen LogP contribution is 2.64. The Kier molecular flexibility index (Phi) is 3.84.